The molecular weight excluding hydrogens is 290 g/mol. The summed E-state index contributed by atoms with van der Waals surface area (Å²) in [6.07, 6.45) is 1.80. The molecule has 0 bridgehead atoms. The Labute approximate surface area is 129 Å². The minimum atomic E-state index is 0.168. The number of nitrogens with zero attached hydrogens (tertiary/aromatic N) is 2. The largest absolute Gasteiger partial charge is 0.327 e. The number of aryl methyl sites for hydroxylation is 2. The molecule has 0 spiro atoms. The first-order valence-electron chi connectivity index (χ1n) is 6.72. The van der Waals surface area contributed by atoms with E-state index in [9.17, 15) is 0 Å². The van der Waals surface area contributed by atoms with Gasteiger partial charge in [-0.25, -0.2) is 0 Å². The summed E-state index contributed by atoms with van der Waals surface area (Å²) in [6, 6.07) is 8.25. The molecule has 5 heteroatoms. The quantitative estimate of drug-likeness (QED) is 0.913. The predicted octanol–water partition coefficient (Wildman–Crippen LogP) is 3.81. The van der Waals surface area contributed by atoms with Crippen molar-refractivity contribution < 1.29 is 0 Å². The maximum Gasteiger partial charge on any atom is 0.0987 e. The normalized spacial score (nSPS) is 12.7. The lowest BCUT2D eigenvalue weighted by atomic mass is 10.0. The van der Waals surface area contributed by atoms with Gasteiger partial charge >= 0.3 is 0 Å². The van der Waals surface area contributed by atoms with E-state index in [0.29, 0.717) is 0 Å². The van der Waals surface area contributed by atoms with Gasteiger partial charge in [0.15, 0.2) is 0 Å². The van der Waals surface area contributed by atoms with Crippen LogP contribution in [0.2, 0.25) is 5.02 Å². The maximum atomic E-state index is 6.37. The van der Waals surface area contributed by atoms with Crippen LogP contribution >= 0.6 is 23.4 Å². The SMILES string of the molecule is CCC(N)Cc1cccc(Cl)c1Sc1cc(C)nn1C. The van der Waals surface area contributed by atoms with Gasteiger partial charge in [0.25, 0.3) is 0 Å². The lowest BCUT2D eigenvalue weighted by molar-refractivity contribution is 0.641. The number of hydrogen-bond acceptors (Lipinski definition) is 3. The second-order valence-electron chi connectivity index (χ2n) is 4.95. The summed E-state index contributed by atoms with van der Waals surface area (Å²) >= 11 is 8.03. The predicted molar refractivity (Wildman–Crippen MR) is 85.5 cm³/mol. The lowest BCUT2D eigenvalue weighted by Crippen LogP contribution is -2.21. The number of nitrogens with two attached hydrogens (primary N) is 1. The molecule has 1 heterocycles. The van der Waals surface area contributed by atoms with Crippen molar-refractivity contribution >= 4 is 23.4 Å². The molecule has 2 N–H and O–H groups in total. The van der Waals surface area contributed by atoms with Crippen molar-refractivity contribution in [3.8, 4) is 0 Å². The van der Waals surface area contributed by atoms with E-state index in [4.69, 9.17) is 17.3 Å². The van der Waals surface area contributed by atoms with E-state index < -0.39 is 0 Å². The summed E-state index contributed by atoms with van der Waals surface area (Å²) in [6.45, 7) is 4.09. The van der Waals surface area contributed by atoms with E-state index in [-0.39, 0.29) is 6.04 Å². The molecule has 1 aromatic heterocycles. The van der Waals surface area contributed by atoms with E-state index in [1.165, 1.54) is 5.56 Å². The zero-order chi connectivity index (χ0) is 14.7. The van der Waals surface area contributed by atoms with Crippen molar-refractivity contribution in [3.05, 3.63) is 40.5 Å². The standard InChI is InChI=1S/C15H20ClN3S/c1-4-12(17)9-11-6-5-7-13(16)15(11)20-14-8-10(2)18-19(14)3/h5-8,12H,4,9,17H2,1-3H3. The molecule has 20 heavy (non-hydrogen) atoms. The van der Waals surface area contributed by atoms with Crippen LogP contribution in [0.15, 0.2) is 34.2 Å². The van der Waals surface area contributed by atoms with Crippen LogP contribution in [0, 0.1) is 6.92 Å². The molecule has 0 aliphatic rings. The van der Waals surface area contributed by atoms with E-state index in [2.05, 4.69) is 24.2 Å². The van der Waals surface area contributed by atoms with Gasteiger partial charge in [-0.2, -0.15) is 5.10 Å². The zero-order valence-corrected chi connectivity index (χ0v) is 13.6. The summed E-state index contributed by atoms with van der Waals surface area (Å²) in [7, 11) is 1.95. The Morgan fingerprint density at radius 3 is 2.80 bits per heavy atom. The highest BCUT2D eigenvalue weighted by Crippen LogP contribution is 2.36. The number of benzene rings is 1. The summed E-state index contributed by atoms with van der Waals surface area (Å²) in [5.41, 5.74) is 8.29. The zero-order valence-electron chi connectivity index (χ0n) is 12.1. The third kappa shape index (κ3) is 3.57. The highest BCUT2D eigenvalue weighted by molar-refractivity contribution is 7.99. The third-order valence-electron chi connectivity index (χ3n) is 3.22. The summed E-state index contributed by atoms with van der Waals surface area (Å²) in [5.74, 6) is 0. The Morgan fingerprint density at radius 1 is 1.45 bits per heavy atom. The second-order valence-corrected chi connectivity index (χ2v) is 6.39. The highest BCUT2D eigenvalue weighted by Gasteiger charge is 2.13. The Hall–Kier alpha value is -0.970. The molecule has 1 atom stereocenters. The van der Waals surface area contributed by atoms with Crippen LogP contribution in [-0.2, 0) is 13.5 Å². The van der Waals surface area contributed by atoms with Gasteiger partial charge in [-0.05, 0) is 37.5 Å². The topological polar surface area (TPSA) is 43.8 Å². The molecule has 3 nitrogen and oxygen atoms in total. The average molecular weight is 310 g/mol. The molecule has 0 aliphatic heterocycles. The Bertz CT molecular complexity index is 595. The molecule has 0 fully saturated rings. The first-order chi connectivity index (χ1) is 9.51. The molecule has 1 aromatic carbocycles. The Balaban J connectivity index is 2.32. The second kappa shape index (κ2) is 6.66. The van der Waals surface area contributed by atoms with Gasteiger partial charge in [0.2, 0.25) is 0 Å². The first kappa shape index (κ1) is 15.4. The average Bonchev–Trinajstić information content (AvgIpc) is 2.71. The van der Waals surface area contributed by atoms with E-state index in [1.807, 2.05) is 30.8 Å². The van der Waals surface area contributed by atoms with Crippen molar-refractivity contribution in [2.45, 2.75) is 42.7 Å². The molecule has 0 radical (unpaired) electrons. The van der Waals surface area contributed by atoms with E-state index in [0.717, 1.165) is 33.5 Å². The van der Waals surface area contributed by atoms with Crippen molar-refractivity contribution in [2.24, 2.45) is 12.8 Å². The smallest absolute Gasteiger partial charge is 0.0987 e. The van der Waals surface area contributed by atoms with Crippen LogP contribution in [-0.4, -0.2) is 15.8 Å². The van der Waals surface area contributed by atoms with Gasteiger partial charge in [0, 0.05) is 18.0 Å². The molecule has 108 valence electrons. The molecule has 2 rings (SSSR count). The first-order valence-corrected chi connectivity index (χ1v) is 7.92. The van der Waals surface area contributed by atoms with Crippen molar-refractivity contribution in [1.82, 2.24) is 9.78 Å². The molecule has 0 saturated carbocycles. The van der Waals surface area contributed by atoms with Crippen LogP contribution in [0.4, 0.5) is 0 Å². The monoisotopic (exact) mass is 309 g/mol. The highest BCUT2D eigenvalue weighted by atomic mass is 35.5. The fraction of sp³-hybridized carbons (Fsp3) is 0.400. The van der Waals surface area contributed by atoms with Gasteiger partial charge in [0.1, 0.15) is 0 Å². The van der Waals surface area contributed by atoms with Crippen LogP contribution < -0.4 is 5.73 Å². The summed E-state index contributed by atoms with van der Waals surface area (Å²) in [5, 5.41) is 6.23. The van der Waals surface area contributed by atoms with Crippen LogP contribution in [0.5, 0.6) is 0 Å². The van der Waals surface area contributed by atoms with Gasteiger partial charge < -0.3 is 5.73 Å². The maximum absolute atomic E-state index is 6.37. The summed E-state index contributed by atoms with van der Waals surface area (Å²) in [4.78, 5) is 1.08. The van der Waals surface area contributed by atoms with E-state index in [1.54, 1.807) is 11.8 Å². The van der Waals surface area contributed by atoms with Crippen molar-refractivity contribution in [1.29, 1.82) is 0 Å². The molecular formula is C15H20ClN3S. The molecule has 0 aliphatic carbocycles. The Kier molecular flexibility index (Phi) is 5.13. The number of rotatable bonds is 5. The van der Waals surface area contributed by atoms with E-state index >= 15 is 0 Å². The van der Waals surface area contributed by atoms with Crippen molar-refractivity contribution in [3.63, 3.8) is 0 Å². The van der Waals surface area contributed by atoms with Gasteiger partial charge in [-0.1, -0.05) is 42.4 Å². The summed E-state index contributed by atoms with van der Waals surface area (Å²) < 4.78 is 1.88. The molecule has 0 saturated heterocycles. The molecule has 1 unspecified atom stereocenters. The number of hydrogen-bond donors (Lipinski definition) is 1. The number of halogens is 1. The van der Waals surface area contributed by atoms with Gasteiger partial charge in [-0.15, -0.1) is 0 Å². The Morgan fingerprint density at radius 2 is 2.20 bits per heavy atom. The number of aromatic nitrogens is 2. The third-order valence-corrected chi connectivity index (χ3v) is 4.93. The van der Waals surface area contributed by atoms with Crippen LogP contribution in [0.3, 0.4) is 0 Å². The fourth-order valence-corrected chi connectivity index (χ4v) is 3.41. The van der Waals surface area contributed by atoms with Crippen molar-refractivity contribution in [2.75, 3.05) is 0 Å². The van der Waals surface area contributed by atoms with Crippen LogP contribution in [0.25, 0.3) is 0 Å². The van der Waals surface area contributed by atoms with Gasteiger partial charge in [-0.3, -0.25) is 4.68 Å². The lowest BCUT2D eigenvalue weighted by Gasteiger charge is -2.14. The molecule has 2 aromatic rings. The van der Waals surface area contributed by atoms with Gasteiger partial charge in [0.05, 0.1) is 15.7 Å². The molecule has 0 amide bonds. The fourth-order valence-electron chi connectivity index (χ4n) is 2.04. The minimum absolute atomic E-state index is 0.168. The minimum Gasteiger partial charge on any atom is -0.327 e. The van der Waals surface area contributed by atoms with Crippen LogP contribution in [0.1, 0.15) is 24.6 Å².